The van der Waals surface area contributed by atoms with Crippen molar-refractivity contribution in [1.29, 1.82) is 0 Å². The molecule has 5 atom stereocenters. The van der Waals surface area contributed by atoms with E-state index in [1.807, 2.05) is 0 Å². The van der Waals surface area contributed by atoms with Crippen molar-refractivity contribution in [1.82, 2.24) is 0 Å². The smallest absolute Gasteiger partial charge is 0.249 e. The first kappa shape index (κ1) is 15.0. The Balaban J connectivity index is 1.79. The Kier molecular flexibility index (Phi) is 3.24. The predicted octanol–water partition coefficient (Wildman–Crippen LogP) is 2.71. The van der Waals surface area contributed by atoms with Gasteiger partial charge < -0.3 is 15.9 Å². The molecule has 0 radical (unpaired) electrons. The third-order valence-corrected chi connectivity index (χ3v) is 7.02. The van der Waals surface area contributed by atoms with Crippen LogP contribution in [0, 0.1) is 17.3 Å². The van der Waals surface area contributed by atoms with Gasteiger partial charge in [0.15, 0.2) is 0 Å². The molecule has 4 N–H and O–H groups in total. The van der Waals surface area contributed by atoms with Gasteiger partial charge in [0.1, 0.15) is 5.75 Å². The summed E-state index contributed by atoms with van der Waals surface area (Å²) in [7, 11) is 0. The second-order valence-corrected chi connectivity index (χ2v) is 7.98. The topological polar surface area (TPSA) is 83.5 Å². The number of hydrogen-bond donors (Lipinski definition) is 3. The molecule has 0 spiro atoms. The molecule has 1 aromatic rings. The van der Waals surface area contributed by atoms with Gasteiger partial charge in [0.2, 0.25) is 5.91 Å². The lowest BCUT2D eigenvalue weighted by Gasteiger charge is -2.50. The molecule has 0 unspecified atom stereocenters. The molecular formula is C19H25NO3. The van der Waals surface area contributed by atoms with Gasteiger partial charge in [-0.3, -0.25) is 4.79 Å². The molecule has 3 aliphatic rings. The summed E-state index contributed by atoms with van der Waals surface area (Å²) < 4.78 is 0. The summed E-state index contributed by atoms with van der Waals surface area (Å²) in [6.07, 6.45) is 5.74. The molecule has 0 aromatic heterocycles. The minimum atomic E-state index is -0.447. The first-order valence-corrected chi connectivity index (χ1v) is 8.75. The summed E-state index contributed by atoms with van der Waals surface area (Å²) in [6, 6.07) is 3.33. The third-order valence-electron chi connectivity index (χ3n) is 7.02. The highest BCUT2D eigenvalue weighted by molar-refractivity contribution is 5.95. The number of nitrogens with two attached hydrogens (primary N) is 1. The molecule has 1 aromatic carbocycles. The number of aliphatic hydroxyl groups is 1. The van der Waals surface area contributed by atoms with Crippen molar-refractivity contribution in [3.8, 4) is 5.75 Å². The molecule has 0 aliphatic heterocycles. The zero-order valence-corrected chi connectivity index (χ0v) is 13.6. The number of rotatable bonds is 1. The van der Waals surface area contributed by atoms with Gasteiger partial charge in [-0.2, -0.15) is 0 Å². The fourth-order valence-corrected chi connectivity index (χ4v) is 5.89. The first-order valence-electron chi connectivity index (χ1n) is 8.75. The first-order chi connectivity index (χ1) is 10.9. The maximum Gasteiger partial charge on any atom is 0.249 e. The zero-order valence-electron chi connectivity index (χ0n) is 13.6. The molecule has 23 heavy (non-hydrogen) atoms. The summed E-state index contributed by atoms with van der Waals surface area (Å²) >= 11 is 0. The van der Waals surface area contributed by atoms with Crippen LogP contribution in [0.25, 0.3) is 0 Å². The number of phenols is 1. The minimum Gasteiger partial charge on any atom is -0.508 e. The van der Waals surface area contributed by atoms with E-state index >= 15 is 0 Å². The van der Waals surface area contributed by atoms with E-state index in [4.69, 9.17) is 5.73 Å². The van der Waals surface area contributed by atoms with E-state index in [0.29, 0.717) is 23.3 Å². The van der Waals surface area contributed by atoms with E-state index in [1.54, 1.807) is 6.07 Å². The summed E-state index contributed by atoms with van der Waals surface area (Å²) in [6.45, 7) is 2.24. The van der Waals surface area contributed by atoms with E-state index < -0.39 is 5.91 Å². The Labute approximate surface area is 136 Å². The van der Waals surface area contributed by atoms with Crippen molar-refractivity contribution in [2.75, 3.05) is 0 Å². The van der Waals surface area contributed by atoms with E-state index in [0.717, 1.165) is 49.7 Å². The van der Waals surface area contributed by atoms with Crippen LogP contribution in [0.2, 0.25) is 0 Å². The van der Waals surface area contributed by atoms with Gasteiger partial charge in [-0.15, -0.1) is 0 Å². The summed E-state index contributed by atoms with van der Waals surface area (Å²) in [4.78, 5) is 11.9. The molecule has 0 heterocycles. The van der Waals surface area contributed by atoms with E-state index in [9.17, 15) is 15.0 Å². The fraction of sp³-hybridized carbons (Fsp3) is 0.632. The Morgan fingerprint density at radius 2 is 2.04 bits per heavy atom. The second-order valence-electron chi connectivity index (χ2n) is 7.98. The Morgan fingerprint density at radius 3 is 2.78 bits per heavy atom. The Morgan fingerprint density at radius 1 is 1.26 bits per heavy atom. The Hall–Kier alpha value is -1.55. The predicted molar refractivity (Wildman–Crippen MR) is 87.2 cm³/mol. The lowest BCUT2D eigenvalue weighted by Crippen LogP contribution is -2.44. The van der Waals surface area contributed by atoms with Crippen LogP contribution in [0.1, 0.15) is 66.4 Å². The van der Waals surface area contributed by atoms with Gasteiger partial charge in [-0.05, 0) is 85.0 Å². The molecule has 0 bridgehead atoms. The van der Waals surface area contributed by atoms with Crippen molar-refractivity contribution < 1.29 is 15.0 Å². The second kappa shape index (κ2) is 4.97. The molecule has 1 amide bonds. The van der Waals surface area contributed by atoms with E-state index in [2.05, 4.69) is 6.92 Å². The fourth-order valence-electron chi connectivity index (χ4n) is 5.89. The molecule has 4 rings (SSSR count). The molecule has 2 saturated carbocycles. The highest BCUT2D eigenvalue weighted by Crippen LogP contribution is 2.61. The number of aryl methyl sites for hydroxylation is 1. The normalized spacial score (nSPS) is 38.5. The quantitative estimate of drug-likeness (QED) is 0.745. The highest BCUT2D eigenvalue weighted by atomic mass is 16.3. The molecule has 4 heteroatoms. The maximum atomic E-state index is 11.9. The number of aliphatic hydroxyl groups excluding tert-OH is 1. The maximum absolute atomic E-state index is 11.9. The number of carbonyl (C=O) groups is 1. The van der Waals surface area contributed by atoms with Gasteiger partial charge in [-0.25, -0.2) is 0 Å². The number of fused-ring (bicyclic) bond motifs is 5. The van der Waals surface area contributed by atoms with Gasteiger partial charge in [0, 0.05) is 5.56 Å². The largest absolute Gasteiger partial charge is 0.508 e. The van der Waals surface area contributed by atoms with Crippen LogP contribution in [0.5, 0.6) is 5.75 Å². The molecule has 3 aliphatic carbocycles. The van der Waals surface area contributed by atoms with E-state index in [1.165, 1.54) is 6.07 Å². The van der Waals surface area contributed by atoms with Crippen LogP contribution in [0.4, 0.5) is 0 Å². The summed E-state index contributed by atoms with van der Waals surface area (Å²) in [5, 5.41) is 20.3. The van der Waals surface area contributed by atoms with Crippen molar-refractivity contribution in [2.45, 2.75) is 57.5 Å². The molecule has 0 saturated heterocycles. The number of carbonyl (C=O) groups excluding carboxylic acids is 1. The molecule has 4 nitrogen and oxygen atoms in total. The SMILES string of the molecule is C[C@]12CC[C@@H]3c4c(cc(O)cc4C(N)=O)CC[C@H]3[C@@H]1CC[C@@H]2O. The van der Waals surface area contributed by atoms with Gasteiger partial charge in [-0.1, -0.05) is 6.92 Å². The Bertz CT molecular complexity index is 671. The lowest BCUT2D eigenvalue weighted by molar-refractivity contribution is -0.0227. The van der Waals surface area contributed by atoms with Crippen LogP contribution in [-0.2, 0) is 6.42 Å². The van der Waals surface area contributed by atoms with Gasteiger partial charge >= 0.3 is 0 Å². The number of hydrogen-bond acceptors (Lipinski definition) is 3. The average Bonchev–Trinajstić information content (AvgIpc) is 2.81. The number of benzene rings is 1. The van der Waals surface area contributed by atoms with Crippen molar-refractivity contribution in [3.05, 3.63) is 28.8 Å². The summed E-state index contributed by atoms with van der Waals surface area (Å²) in [5.41, 5.74) is 8.28. The van der Waals surface area contributed by atoms with Crippen LogP contribution < -0.4 is 5.73 Å². The molecule has 124 valence electrons. The summed E-state index contributed by atoms with van der Waals surface area (Å²) in [5.74, 6) is 1.07. The zero-order chi connectivity index (χ0) is 16.4. The number of amides is 1. The van der Waals surface area contributed by atoms with Crippen molar-refractivity contribution in [2.24, 2.45) is 23.0 Å². The van der Waals surface area contributed by atoms with Crippen LogP contribution in [0.15, 0.2) is 12.1 Å². The standard InChI is InChI=1S/C19H25NO3/c1-19-7-6-13-12(15(19)4-5-16(19)22)3-2-10-8-11(21)9-14(17(10)13)18(20)23/h8-9,12-13,15-16,21-22H,2-7H2,1H3,(H2,20,23)/t12-,13+,15+,16+,19+/m1/s1. The van der Waals surface area contributed by atoms with Crippen LogP contribution in [-0.4, -0.2) is 22.2 Å². The van der Waals surface area contributed by atoms with Crippen molar-refractivity contribution >= 4 is 5.91 Å². The monoisotopic (exact) mass is 315 g/mol. The molecular weight excluding hydrogens is 290 g/mol. The molecule has 2 fully saturated rings. The van der Waals surface area contributed by atoms with Crippen molar-refractivity contribution in [3.63, 3.8) is 0 Å². The highest BCUT2D eigenvalue weighted by Gasteiger charge is 2.54. The number of phenolic OH excluding ortho intramolecular Hbond substituents is 1. The van der Waals surface area contributed by atoms with Gasteiger partial charge in [0.25, 0.3) is 0 Å². The number of primary amides is 1. The third kappa shape index (κ3) is 2.04. The van der Waals surface area contributed by atoms with E-state index in [-0.39, 0.29) is 17.3 Å². The number of aromatic hydroxyl groups is 1. The lowest BCUT2D eigenvalue weighted by atomic mass is 9.55. The van der Waals surface area contributed by atoms with Gasteiger partial charge in [0.05, 0.1) is 6.10 Å². The minimum absolute atomic E-state index is 0.0302. The van der Waals surface area contributed by atoms with Crippen LogP contribution in [0.3, 0.4) is 0 Å². The average molecular weight is 315 g/mol. The van der Waals surface area contributed by atoms with Crippen LogP contribution >= 0.6 is 0 Å².